The number of urea groups is 1. The summed E-state index contributed by atoms with van der Waals surface area (Å²) in [6.45, 7) is 2.25. The number of ether oxygens (including phenoxy) is 1. The van der Waals surface area contributed by atoms with Gasteiger partial charge in [-0.25, -0.2) is 14.6 Å². The third kappa shape index (κ3) is 3.84. The van der Waals surface area contributed by atoms with Crippen molar-refractivity contribution in [3.8, 4) is 0 Å². The maximum Gasteiger partial charge on any atom is 0.409 e. The third-order valence-corrected chi connectivity index (χ3v) is 6.60. The van der Waals surface area contributed by atoms with E-state index >= 15 is 0 Å². The van der Waals surface area contributed by atoms with E-state index in [0.29, 0.717) is 36.3 Å². The van der Waals surface area contributed by atoms with Gasteiger partial charge in [0.1, 0.15) is 0 Å². The number of likely N-dealkylation sites (tertiary alicyclic amines) is 1. The van der Waals surface area contributed by atoms with Gasteiger partial charge in [-0.2, -0.15) is 0 Å². The summed E-state index contributed by atoms with van der Waals surface area (Å²) in [5.41, 5.74) is 2.36. The van der Waals surface area contributed by atoms with Crippen LogP contribution in [-0.4, -0.2) is 67.7 Å². The summed E-state index contributed by atoms with van der Waals surface area (Å²) < 4.78 is 4.89. The Hall–Kier alpha value is -2.36. The quantitative estimate of drug-likeness (QED) is 0.774. The van der Waals surface area contributed by atoms with Gasteiger partial charge in [-0.1, -0.05) is 11.6 Å². The SMILES string of the molecule is COC(=O)N1CCC2(C1)CN(C(=O)Nc1nc(CN(C)C)cs1)c1ccc(Cl)cc12. The maximum atomic E-state index is 13.1. The highest BCUT2D eigenvalue weighted by Gasteiger charge is 2.50. The normalized spacial score (nSPS) is 20.2. The Morgan fingerprint density at radius 3 is 2.90 bits per heavy atom. The largest absolute Gasteiger partial charge is 0.453 e. The summed E-state index contributed by atoms with van der Waals surface area (Å²) in [6.07, 6.45) is 0.387. The van der Waals surface area contributed by atoms with Crippen LogP contribution in [-0.2, 0) is 16.7 Å². The number of fused-ring (bicyclic) bond motifs is 2. The van der Waals surface area contributed by atoms with E-state index in [1.165, 1.54) is 18.4 Å². The van der Waals surface area contributed by atoms with Crippen molar-refractivity contribution < 1.29 is 14.3 Å². The van der Waals surface area contributed by atoms with Crippen LogP contribution in [0.15, 0.2) is 23.6 Å². The van der Waals surface area contributed by atoms with Crippen molar-refractivity contribution in [1.82, 2.24) is 14.8 Å². The van der Waals surface area contributed by atoms with E-state index in [9.17, 15) is 9.59 Å². The molecule has 1 fully saturated rings. The van der Waals surface area contributed by atoms with Crippen LogP contribution in [0.4, 0.5) is 20.4 Å². The van der Waals surface area contributed by atoms with E-state index < -0.39 is 0 Å². The van der Waals surface area contributed by atoms with Crippen LogP contribution < -0.4 is 10.2 Å². The zero-order valence-corrected chi connectivity index (χ0v) is 18.7. The summed E-state index contributed by atoms with van der Waals surface area (Å²) in [4.78, 5) is 35.1. The number of carbonyl (C=O) groups excluding carboxylic acids is 2. The summed E-state index contributed by atoms with van der Waals surface area (Å²) in [7, 11) is 5.33. The van der Waals surface area contributed by atoms with Gasteiger partial charge in [-0.3, -0.25) is 10.2 Å². The Balaban J connectivity index is 1.57. The van der Waals surface area contributed by atoms with Crippen molar-refractivity contribution in [3.05, 3.63) is 39.9 Å². The van der Waals surface area contributed by atoms with Gasteiger partial charge in [-0.15, -0.1) is 11.3 Å². The van der Waals surface area contributed by atoms with E-state index in [1.807, 2.05) is 36.5 Å². The first-order chi connectivity index (χ1) is 14.3. The molecule has 4 rings (SSSR count). The van der Waals surface area contributed by atoms with Gasteiger partial charge in [-0.05, 0) is 44.3 Å². The van der Waals surface area contributed by atoms with Crippen molar-refractivity contribution in [3.63, 3.8) is 0 Å². The summed E-state index contributed by atoms with van der Waals surface area (Å²) in [6, 6.07) is 5.32. The number of thiazole rings is 1. The number of hydrogen-bond acceptors (Lipinski definition) is 6. The molecule has 3 heterocycles. The van der Waals surface area contributed by atoms with Crippen molar-refractivity contribution >= 4 is 45.9 Å². The molecule has 1 N–H and O–H groups in total. The number of nitrogens with one attached hydrogen (secondary N) is 1. The fourth-order valence-electron chi connectivity index (χ4n) is 4.25. The van der Waals surface area contributed by atoms with Gasteiger partial charge < -0.3 is 14.5 Å². The number of methoxy groups -OCH3 is 1. The van der Waals surface area contributed by atoms with Crippen LogP contribution >= 0.6 is 22.9 Å². The minimum absolute atomic E-state index is 0.238. The molecule has 1 aromatic heterocycles. The van der Waals surface area contributed by atoms with Crippen LogP contribution in [0, 0.1) is 0 Å². The van der Waals surface area contributed by atoms with Crippen molar-refractivity contribution in [2.75, 3.05) is 51.1 Å². The number of benzene rings is 1. The average molecular weight is 450 g/mol. The minimum Gasteiger partial charge on any atom is -0.453 e. The molecule has 3 amide bonds. The van der Waals surface area contributed by atoms with Crippen LogP contribution in [0.3, 0.4) is 0 Å². The average Bonchev–Trinajstić information content (AvgIpc) is 3.40. The fraction of sp³-hybridized carbons (Fsp3) is 0.450. The molecule has 0 bridgehead atoms. The monoisotopic (exact) mass is 449 g/mol. The van der Waals surface area contributed by atoms with Gasteiger partial charge in [0.25, 0.3) is 0 Å². The number of hydrogen-bond donors (Lipinski definition) is 1. The number of halogens is 1. The molecule has 2 aromatic rings. The van der Waals surface area contributed by atoms with Crippen LogP contribution in [0.5, 0.6) is 0 Å². The Morgan fingerprint density at radius 2 is 2.17 bits per heavy atom. The number of amides is 3. The maximum absolute atomic E-state index is 13.1. The highest BCUT2D eigenvalue weighted by molar-refractivity contribution is 7.13. The zero-order valence-electron chi connectivity index (χ0n) is 17.1. The molecule has 160 valence electrons. The smallest absolute Gasteiger partial charge is 0.409 e. The summed E-state index contributed by atoms with van der Waals surface area (Å²) in [5.74, 6) is 0. The zero-order chi connectivity index (χ0) is 21.5. The Kier molecular flexibility index (Phi) is 5.61. The predicted molar refractivity (Wildman–Crippen MR) is 118 cm³/mol. The molecule has 2 aliphatic heterocycles. The molecule has 30 heavy (non-hydrogen) atoms. The number of aromatic nitrogens is 1. The second-order valence-electron chi connectivity index (χ2n) is 7.98. The number of nitrogens with zero attached hydrogens (tertiary/aromatic N) is 4. The van der Waals surface area contributed by atoms with Crippen LogP contribution in [0.1, 0.15) is 17.7 Å². The molecule has 1 aromatic carbocycles. The highest BCUT2D eigenvalue weighted by Crippen LogP contribution is 2.47. The number of rotatable bonds is 3. The molecule has 1 atom stereocenters. The summed E-state index contributed by atoms with van der Waals surface area (Å²) >= 11 is 7.68. The van der Waals surface area contributed by atoms with E-state index in [4.69, 9.17) is 16.3 Å². The highest BCUT2D eigenvalue weighted by atomic mass is 35.5. The second kappa shape index (κ2) is 8.05. The molecule has 2 aliphatic rings. The predicted octanol–water partition coefficient (Wildman–Crippen LogP) is 3.62. The molecule has 8 nitrogen and oxygen atoms in total. The van der Waals surface area contributed by atoms with Crippen LogP contribution in [0.2, 0.25) is 5.02 Å². The van der Waals surface area contributed by atoms with E-state index in [1.54, 1.807) is 15.9 Å². The minimum atomic E-state index is -0.356. The van der Waals surface area contributed by atoms with Crippen molar-refractivity contribution in [1.29, 1.82) is 0 Å². The van der Waals surface area contributed by atoms with Gasteiger partial charge in [0.15, 0.2) is 5.13 Å². The molecular formula is C20H24ClN5O3S. The molecule has 1 unspecified atom stereocenters. The first-order valence-corrected chi connectivity index (χ1v) is 10.9. The Bertz CT molecular complexity index is 981. The molecular weight excluding hydrogens is 426 g/mol. The van der Waals surface area contributed by atoms with E-state index in [0.717, 1.165) is 23.4 Å². The number of anilines is 2. The molecule has 10 heteroatoms. The van der Waals surface area contributed by atoms with Crippen molar-refractivity contribution in [2.45, 2.75) is 18.4 Å². The first kappa shape index (κ1) is 20.9. The van der Waals surface area contributed by atoms with Crippen molar-refractivity contribution in [2.24, 2.45) is 0 Å². The molecule has 0 aliphatic carbocycles. The first-order valence-electron chi connectivity index (χ1n) is 9.62. The lowest BCUT2D eigenvalue weighted by Crippen LogP contribution is -2.41. The van der Waals surface area contributed by atoms with E-state index in [2.05, 4.69) is 10.3 Å². The van der Waals surface area contributed by atoms with Gasteiger partial charge in [0, 0.05) is 47.7 Å². The second-order valence-corrected chi connectivity index (χ2v) is 9.28. The molecule has 0 saturated carbocycles. The van der Waals surface area contributed by atoms with E-state index in [-0.39, 0.29) is 17.5 Å². The standard InChI is InChI=1S/C20H24ClN5O3S/c1-24(2)9-14-10-30-17(22-14)23-18(27)26-12-20(6-7-25(11-20)19(28)29-3)15-8-13(21)4-5-16(15)26/h4-5,8,10H,6-7,9,11-12H2,1-3H3,(H,22,23,27). The van der Waals surface area contributed by atoms with Gasteiger partial charge >= 0.3 is 12.1 Å². The van der Waals surface area contributed by atoms with Gasteiger partial charge in [0.05, 0.1) is 12.8 Å². The lowest BCUT2D eigenvalue weighted by molar-refractivity contribution is 0.131. The molecule has 0 radical (unpaired) electrons. The molecule has 1 saturated heterocycles. The van der Waals surface area contributed by atoms with Crippen LogP contribution in [0.25, 0.3) is 0 Å². The topological polar surface area (TPSA) is 78.0 Å². The summed E-state index contributed by atoms with van der Waals surface area (Å²) in [5, 5.41) is 6.04. The number of carbonyl (C=O) groups is 2. The van der Waals surface area contributed by atoms with Gasteiger partial charge in [0.2, 0.25) is 0 Å². The lowest BCUT2D eigenvalue weighted by Gasteiger charge is -2.25. The fourth-order valence-corrected chi connectivity index (χ4v) is 5.11. The Morgan fingerprint density at radius 1 is 1.37 bits per heavy atom. The third-order valence-electron chi connectivity index (χ3n) is 5.56. The Labute approximate surface area is 184 Å². The lowest BCUT2D eigenvalue weighted by atomic mass is 9.81. The molecule has 1 spiro atoms.